The Labute approximate surface area is 376 Å². The Morgan fingerprint density at radius 2 is 1.24 bits per heavy atom. The van der Waals surface area contributed by atoms with Crippen LogP contribution in [0.15, 0.2) is 155 Å². The van der Waals surface area contributed by atoms with E-state index in [0.29, 0.717) is 44.4 Å². The number of nitrogens with zero attached hydrogens (tertiary/aromatic N) is 3. The molecular weight excluding hydrogens is 891 g/mol. The lowest BCUT2D eigenvalue weighted by Gasteiger charge is -2.21. The molecule has 0 bridgehead atoms. The predicted molar refractivity (Wildman–Crippen MR) is 241 cm³/mol. The SMILES string of the molecule is COC1=CNC(Cl)c2cc(F)ccc21.COc1c[nH]c(=O)c2cc(F)ccc12.O=C(O)/C=C/c1ccc(F)cc1.O=c1[nH]ccc2ccc(F)cc12.[N-]=[N+]=NC(=O)/C=C/c1ccc(F)cc1. The summed E-state index contributed by atoms with van der Waals surface area (Å²) in [6.07, 6.45) is 9.65. The molecule has 1 unspecified atom stereocenters. The molecule has 5 aromatic carbocycles. The van der Waals surface area contributed by atoms with Crippen molar-refractivity contribution >= 4 is 62.9 Å². The number of hydrogen-bond acceptors (Lipinski definition) is 7. The molecule has 3 heterocycles. The van der Waals surface area contributed by atoms with E-state index in [4.69, 9.17) is 31.7 Å². The molecule has 0 fully saturated rings. The van der Waals surface area contributed by atoms with E-state index in [2.05, 4.69) is 25.3 Å². The van der Waals surface area contributed by atoms with Gasteiger partial charge < -0.3 is 29.9 Å². The predicted octanol–water partition coefficient (Wildman–Crippen LogP) is 10.6. The maximum atomic E-state index is 13.0. The van der Waals surface area contributed by atoms with Crippen LogP contribution in [0, 0.1) is 29.1 Å². The number of aromatic nitrogens is 2. The summed E-state index contributed by atoms with van der Waals surface area (Å²) in [5.41, 5.74) is 9.80. The number of alkyl halides is 1. The number of carbonyl (C=O) groups is 2. The van der Waals surface area contributed by atoms with Crippen LogP contribution in [-0.4, -0.2) is 41.2 Å². The Balaban J connectivity index is 0.000000181. The summed E-state index contributed by atoms with van der Waals surface area (Å²) in [6.45, 7) is 0. The van der Waals surface area contributed by atoms with Gasteiger partial charge in [0, 0.05) is 51.5 Å². The van der Waals surface area contributed by atoms with Gasteiger partial charge in [-0.2, -0.15) is 0 Å². The van der Waals surface area contributed by atoms with Crippen LogP contribution in [0.1, 0.15) is 27.8 Å². The van der Waals surface area contributed by atoms with Crippen molar-refractivity contribution in [3.8, 4) is 5.75 Å². The number of fused-ring (bicyclic) bond motifs is 3. The second kappa shape index (κ2) is 25.0. The number of carboxylic acid groups (broad SMARTS) is 1. The third-order valence-electron chi connectivity index (χ3n) is 8.64. The molecule has 2 aromatic heterocycles. The summed E-state index contributed by atoms with van der Waals surface area (Å²) in [5.74, 6) is -2.30. The van der Waals surface area contributed by atoms with Gasteiger partial charge in [-0.25, -0.2) is 26.7 Å². The number of azide groups is 1. The summed E-state index contributed by atoms with van der Waals surface area (Å²) in [6, 6.07) is 25.5. The number of rotatable bonds is 6. The molecule has 4 N–H and O–H groups in total. The molecule has 0 spiro atoms. The Hall–Kier alpha value is -8.47. The molecule has 7 aromatic rings. The zero-order valence-electron chi connectivity index (χ0n) is 34.5. The van der Waals surface area contributed by atoms with Gasteiger partial charge in [-0.05, 0) is 118 Å². The highest BCUT2D eigenvalue weighted by atomic mass is 35.5. The number of hydrogen-bond donors (Lipinski definition) is 4. The number of methoxy groups -OCH3 is 2. The standard InChI is InChI=1S/C10H9ClFNO.C10H8FNO2.C9H6FN3O.C9H6FNO.C9H7FO2/c1-14-9-5-13-10(11)8-4-6(12)2-3-7(8)9;1-14-9-5-12-10(13)8-4-6(11)2-3-7(8)9;10-8-4-1-7(2-5-8)3-6-9(14)12-13-11;10-7-2-1-6-3-4-11-9(12)8(6)5-7;10-8-4-1-7(2-5-8)3-6-9(11)12/h2-5,10,13H,1H3;2-5H,1H3,(H,12,13);1-6H;1-5H,(H,11,12);1-6H,(H,11,12)/b;;6-3+;;6-3+. The van der Waals surface area contributed by atoms with Gasteiger partial charge in [-0.15, -0.1) is 0 Å². The lowest BCUT2D eigenvalue weighted by molar-refractivity contribution is -0.131. The normalized spacial score (nSPS) is 12.2. The van der Waals surface area contributed by atoms with Gasteiger partial charge in [-0.1, -0.05) is 48.0 Å². The van der Waals surface area contributed by atoms with Crippen molar-refractivity contribution in [2.45, 2.75) is 5.50 Å². The monoisotopic (exact) mass is 926 g/mol. The smallest absolute Gasteiger partial charge is 0.328 e. The summed E-state index contributed by atoms with van der Waals surface area (Å²) < 4.78 is 73.4. The number of aromatic amines is 2. The summed E-state index contributed by atoms with van der Waals surface area (Å²) in [5, 5.41) is 16.0. The second-order valence-electron chi connectivity index (χ2n) is 13.0. The minimum absolute atomic E-state index is 0.257. The number of ether oxygens (including phenoxy) is 2. The van der Waals surface area contributed by atoms with E-state index in [-0.39, 0.29) is 34.4 Å². The summed E-state index contributed by atoms with van der Waals surface area (Å²) in [4.78, 5) is 50.5. The molecule has 338 valence electrons. The van der Waals surface area contributed by atoms with Crippen LogP contribution in [0.4, 0.5) is 22.0 Å². The number of halogens is 6. The average Bonchev–Trinajstić information content (AvgIpc) is 3.30. The van der Waals surface area contributed by atoms with Crippen LogP contribution >= 0.6 is 11.6 Å². The van der Waals surface area contributed by atoms with Gasteiger partial charge in [-0.3, -0.25) is 14.4 Å². The number of pyridine rings is 2. The first-order chi connectivity index (χ1) is 31.6. The fourth-order valence-electron chi connectivity index (χ4n) is 5.54. The minimum atomic E-state index is -1.01. The third kappa shape index (κ3) is 15.4. The van der Waals surface area contributed by atoms with Crippen molar-refractivity contribution in [2.75, 3.05) is 14.2 Å². The topological polar surface area (TPSA) is 199 Å². The molecule has 19 heteroatoms. The molecule has 1 aliphatic heterocycles. The first-order valence-corrected chi connectivity index (χ1v) is 19.3. The quantitative estimate of drug-likeness (QED) is 0.0240. The van der Waals surface area contributed by atoms with Crippen LogP contribution in [0.25, 0.3) is 49.9 Å². The first-order valence-electron chi connectivity index (χ1n) is 18.9. The number of carbonyl (C=O) groups excluding carboxylic acids is 1. The zero-order valence-corrected chi connectivity index (χ0v) is 35.3. The van der Waals surface area contributed by atoms with E-state index < -0.39 is 23.2 Å². The molecule has 1 amide bonds. The Bertz CT molecular complexity index is 3060. The number of H-pyrrole nitrogens is 2. The first kappa shape index (κ1) is 50.2. The fourth-order valence-corrected chi connectivity index (χ4v) is 5.79. The molecule has 1 aliphatic rings. The Kier molecular flexibility index (Phi) is 19.0. The minimum Gasteiger partial charge on any atom is -0.495 e. The lowest BCUT2D eigenvalue weighted by Crippen LogP contribution is -2.17. The van der Waals surface area contributed by atoms with E-state index >= 15 is 0 Å². The van der Waals surface area contributed by atoms with E-state index in [1.165, 1.54) is 116 Å². The van der Waals surface area contributed by atoms with Crippen molar-refractivity contribution in [2.24, 2.45) is 5.11 Å². The summed E-state index contributed by atoms with van der Waals surface area (Å²) >= 11 is 5.96. The largest absolute Gasteiger partial charge is 0.495 e. The highest BCUT2D eigenvalue weighted by molar-refractivity contribution is 6.21. The lowest BCUT2D eigenvalue weighted by atomic mass is 10.0. The number of carboxylic acids is 1. The fraction of sp³-hybridized carbons (Fsp3) is 0.0638. The van der Waals surface area contributed by atoms with Crippen LogP contribution in [0.5, 0.6) is 5.75 Å². The Morgan fingerprint density at radius 3 is 1.83 bits per heavy atom. The zero-order chi connectivity index (χ0) is 48.2. The highest BCUT2D eigenvalue weighted by Crippen LogP contribution is 2.32. The molecule has 0 saturated heterocycles. The van der Waals surface area contributed by atoms with Crippen molar-refractivity contribution in [3.63, 3.8) is 0 Å². The van der Waals surface area contributed by atoms with Crippen molar-refractivity contribution < 1.29 is 46.1 Å². The molecular formula is C47H36ClF5N6O7. The molecule has 0 aliphatic carbocycles. The third-order valence-corrected chi connectivity index (χ3v) is 9.00. The molecule has 8 rings (SSSR count). The highest BCUT2D eigenvalue weighted by Gasteiger charge is 2.20. The number of aliphatic carboxylic acids is 1. The molecule has 0 radical (unpaired) electrons. The van der Waals surface area contributed by atoms with E-state index in [0.717, 1.165) is 23.1 Å². The van der Waals surface area contributed by atoms with Crippen LogP contribution in [0.2, 0.25) is 0 Å². The maximum absolute atomic E-state index is 13.0. The second-order valence-corrected chi connectivity index (χ2v) is 13.5. The van der Waals surface area contributed by atoms with Gasteiger partial charge in [0.25, 0.3) is 11.1 Å². The average molecular weight is 927 g/mol. The van der Waals surface area contributed by atoms with Gasteiger partial charge in [0.1, 0.15) is 46.1 Å². The van der Waals surface area contributed by atoms with Gasteiger partial charge >= 0.3 is 5.97 Å². The van der Waals surface area contributed by atoms with Crippen LogP contribution in [0.3, 0.4) is 0 Å². The summed E-state index contributed by atoms with van der Waals surface area (Å²) in [7, 11) is 3.06. The molecule has 1 atom stereocenters. The van der Waals surface area contributed by atoms with E-state index in [1.54, 1.807) is 37.7 Å². The molecule has 13 nitrogen and oxygen atoms in total. The van der Waals surface area contributed by atoms with Crippen molar-refractivity contribution in [3.05, 3.63) is 222 Å². The van der Waals surface area contributed by atoms with E-state index in [1.807, 2.05) is 0 Å². The van der Waals surface area contributed by atoms with Crippen LogP contribution < -0.4 is 21.2 Å². The number of benzene rings is 5. The van der Waals surface area contributed by atoms with Gasteiger partial charge in [0.05, 0.1) is 19.6 Å². The van der Waals surface area contributed by atoms with Crippen molar-refractivity contribution in [1.29, 1.82) is 0 Å². The van der Waals surface area contributed by atoms with Gasteiger partial charge in [0.15, 0.2) is 0 Å². The number of amides is 1. The van der Waals surface area contributed by atoms with E-state index in [9.17, 15) is 41.1 Å². The molecule has 0 saturated carbocycles. The number of nitrogens with one attached hydrogen (secondary N) is 3. The molecule has 66 heavy (non-hydrogen) atoms. The van der Waals surface area contributed by atoms with Gasteiger partial charge in [0.2, 0.25) is 5.91 Å². The maximum Gasteiger partial charge on any atom is 0.328 e. The van der Waals surface area contributed by atoms with Crippen molar-refractivity contribution in [1.82, 2.24) is 15.3 Å². The Morgan fingerprint density at radius 1 is 0.697 bits per heavy atom. The van der Waals surface area contributed by atoms with Crippen LogP contribution in [-0.2, 0) is 14.3 Å².